The number of carbonyl (C=O) groups is 2. The van der Waals surface area contributed by atoms with E-state index in [2.05, 4.69) is 18.8 Å². The molecule has 2 amide bonds. The van der Waals surface area contributed by atoms with Crippen molar-refractivity contribution in [2.24, 2.45) is 17.3 Å². The number of amides is 2. The summed E-state index contributed by atoms with van der Waals surface area (Å²) in [6.07, 6.45) is 3.63. The van der Waals surface area contributed by atoms with Gasteiger partial charge in [0.05, 0.1) is 5.41 Å². The molecule has 0 spiro atoms. The second kappa shape index (κ2) is 8.66. The third-order valence-electron chi connectivity index (χ3n) is 6.69. The van der Waals surface area contributed by atoms with E-state index in [1.54, 1.807) is 18.2 Å². The Morgan fingerprint density at radius 2 is 1.87 bits per heavy atom. The van der Waals surface area contributed by atoms with Crippen molar-refractivity contribution in [2.45, 2.75) is 26.2 Å². The van der Waals surface area contributed by atoms with Crippen molar-refractivity contribution in [2.75, 3.05) is 19.6 Å². The van der Waals surface area contributed by atoms with Gasteiger partial charge in [-0.25, -0.2) is 4.39 Å². The first-order valence-electron chi connectivity index (χ1n) is 11.0. The van der Waals surface area contributed by atoms with Crippen LogP contribution in [-0.2, 0) is 16.0 Å². The minimum Gasteiger partial charge on any atom is -0.352 e. The Labute approximate surface area is 183 Å². The maximum absolute atomic E-state index is 14.5. The summed E-state index contributed by atoms with van der Waals surface area (Å²) in [5.74, 6) is 0.325. The molecule has 0 bridgehead atoms. The second-order valence-corrected chi connectivity index (χ2v) is 8.92. The zero-order valence-electron chi connectivity index (χ0n) is 17.9. The van der Waals surface area contributed by atoms with Crippen LogP contribution in [0.1, 0.15) is 25.3 Å². The second-order valence-electron chi connectivity index (χ2n) is 8.92. The summed E-state index contributed by atoms with van der Waals surface area (Å²) in [5, 5.41) is 2.95. The molecule has 1 N–H and O–H groups in total. The number of carbonyl (C=O) groups excluding carboxylic acids is 2. The van der Waals surface area contributed by atoms with Crippen molar-refractivity contribution >= 4 is 11.8 Å². The lowest BCUT2D eigenvalue weighted by Gasteiger charge is -2.29. The van der Waals surface area contributed by atoms with Gasteiger partial charge >= 0.3 is 0 Å². The Morgan fingerprint density at radius 3 is 2.55 bits per heavy atom. The van der Waals surface area contributed by atoms with Crippen LogP contribution in [0.2, 0.25) is 0 Å². The van der Waals surface area contributed by atoms with Gasteiger partial charge < -0.3 is 10.2 Å². The maximum atomic E-state index is 14.5. The Balaban J connectivity index is 1.65. The molecule has 1 heterocycles. The van der Waals surface area contributed by atoms with Crippen LogP contribution in [0.25, 0.3) is 11.1 Å². The monoisotopic (exact) mass is 420 g/mol. The van der Waals surface area contributed by atoms with Gasteiger partial charge in [0.2, 0.25) is 11.8 Å². The van der Waals surface area contributed by atoms with Gasteiger partial charge in [-0.15, -0.1) is 6.58 Å². The Bertz CT molecular complexity index is 1000. The minimum absolute atomic E-state index is 0.0742. The van der Waals surface area contributed by atoms with Crippen LogP contribution in [0.5, 0.6) is 0 Å². The SMILES string of the molecule is C=CCNC(=O)[C@]1(Cc2ccccc2-c2ccccc2F)CCN(C(=O)[C@@H]2C[C@@H]2C)C1. The highest BCUT2D eigenvalue weighted by molar-refractivity contribution is 5.87. The van der Waals surface area contributed by atoms with Crippen molar-refractivity contribution in [3.8, 4) is 11.1 Å². The number of halogens is 1. The fourth-order valence-corrected chi connectivity index (χ4v) is 4.70. The first kappa shape index (κ1) is 21.3. The Morgan fingerprint density at radius 1 is 1.19 bits per heavy atom. The van der Waals surface area contributed by atoms with E-state index in [-0.39, 0.29) is 23.5 Å². The van der Waals surface area contributed by atoms with Crippen LogP contribution in [0.3, 0.4) is 0 Å². The number of hydrogen-bond acceptors (Lipinski definition) is 2. The molecular formula is C26H29FN2O2. The largest absolute Gasteiger partial charge is 0.352 e. The molecule has 162 valence electrons. The number of likely N-dealkylation sites (tertiary alicyclic amines) is 1. The van der Waals surface area contributed by atoms with Crippen LogP contribution in [0.15, 0.2) is 61.2 Å². The van der Waals surface area contributed by atoms with Crippen molar-refractivity contribution < 1.29 is 14.0 Å². The molecule has 2 fully saturated rings. The van der Waals surface area contributed by atoms with E-state index in [4.69, 9.17) is 0 Å². The number of nitrogens with zero attached hydrogens (tertiary/aromatic N) is 1. The summed E-state index contributed by atoms with van der Waals surface area (Å²) in [6, 6.07) is 14.3. The van der Waals surface area contributed by atoms with Gasteiger partial charge in [0.25, 0.3) is 0 Å². The lowest BCUT2D eigenvalue weighted by atomic mass is 9.78. The number of nitrogens with one attached hydrogen (secondary N) is 1. The summed E-state index contributed by atoms with van der Waals surface area (Å²) in [5.41, 5.74) is 1.49. The molecule has 1 saturated carbocycles. The molecule has 2 aromatic rings. The molecule has 5 heteroatoms. The van der Waals surface area contributed by atoms with Gasteiger partial charge in [0.1, 0.15) is 5.82 Å². The molecule has 2 aliphatic rings. The van der Waals surface area contributed by atoms with E-state index < -0.39 is 5.41 Å². The Hall–Kier alpha value is -2.95. The third-order valence-corrected chi connectivity index (χ3v) is 6.69. The summed E-state index contributed by atoms with van der Waals surface area (Å²) >= 11 is 0. The van der Waals surface area contributed by atoms with E-state index in [1.165, 1.54) is 6.07 Å². The topological polar surface area (TPSA) is 49.4 Å². The van der Waals surface area contributed by atoms with Crippen LogP contribution < -0.4 is 5.32 Å². The molecule has 3 atom stereocenters. The van der Waals surface area contributed by atoms with Gasteiger partial charge in [-0.1, -0.05) is 55.5 Å². The van der Waals surface area contributed by atoms with E-state index in [9.17, 15) is 14.0 Å². The average molecular weight is 421 g/mol. The van der Waals surface area contributed by atoms with E-state index >= 15 is 0 Å². The third kappa shape index (κ3) is 4.27. The molecule has 1 aliphatic heterocycles. The molecule has 4 nitrogen and oxygen atoms in total. The van der Waals surface area contributed by atoms with Crippen molar-refractivity contribution in [3.63, 3.8) is 0 Å². The molecule has 0 radical (unpaired) electrons. The highest BCUT2D eigenvalue weighted by atomic mass is 19.1. The highest BCUT2D eigenvalue weighted by Crippen LogP contribution is 2.43. The van der Waals surface area contributed by atoms with Crippen molar-refractivity contribution in [1.29, 1.82) is 0 Å². The number of benzene rings is 2. The molecule has 0 aromatic heterocycles. The predicted molar refractivity (Wildman–Crippen MR) is 120 cm³/mol. The molecule has 1 saturated heterocycles. The standard InChI is InChI=1S/C26H29FN2O2/c1-3-13-28-25(31)26(12-14-29(17-26)24(30)22-15-18(22)2)16-19-8-4-5-9-20(19)21-10-6-7-11-23(21)27/h3-11,18,22H,1,12-17H2,2H3,(H,28,31)/t18-,22+,26-/m0/s1. The van der Waals surface area contributed by atoms with Crippen LogP contribution in [0, 0.1) is 23.1 Å². The van der Waals surface area contributed by atoms with Gasteiger partial charge in [-0.2, -0.15) is 0 Å². The average Bonchev–Trinajstić information content (AvgIpc) is 3.35. The first-order valence-corrected chi connectivity index (χ1v) is 11.0. The van der Waals surface area contributed by atoms with Gasteiger partial charge in [-0.05, 0) is 42.4 Å². The van der Waals surface area contributed by atoms with Crippen molar-refractivity contribution in [1.82, 2.24) is 10.2 Å². The van der Waals surface area contributed by atoms with Gasteiger partial charge in [0, 0.05) is 31.1 Å². The maximum Gasteiger partial charge on any atom is 0.228 e. The molecule has 1 aliphatic carbocycles. The zero-order valence-corrected chi connectivity index (χ0v) is 17.9. The predicted octanol–water partition coefficient (Wildman–Crippen LogP) is 4.21. The Kier molecular flexibility index (Phi) is 5.94. The smallest absolute Gasteiger partial charge is 0.228 e. The van der Waals surface area contributed by atoms with Crippen molar-refractivity contribution in [3.05, 3.63) is 72.6 Å². The number of hydrogen-bond donors (Lipinski definition) is 1. The van der Waals surface area contributed by atoms with Crippen LogP contribution in [-0.4, -0.2) is 36.3 Å². The molecular weight excluding hydrogens is 391 g/mol. The molecule has 0 unspecified atom stereocenters. The fraction of sp³-hybridized carbons (Fsp3) is 0.385. The minimum atomic E-state index is -0.738. The fourth-order valence-electron chi connectivity index (χ4n) is 4.70. The zero-order chi connectivity index (χ0) is 22.0. The van der Waals surface area contributed by atoms with Gasteiger partial charge in [0.15, 0.2) is 0 Å². The summed E-state index contributed by atoms with van der Waals surface area (Å²) in [4.78, 5) is 28.0. The lowest BCUT2D eigenvalue weighted by molar-refractivity contribution is -0.134. The number of rotatable bonds is 7. The van der Waals surface area contributed by atoms with E-state index in [1.807, 2.05) is 35.2 Å². The van der Waals surface area contributed by atoms with Gasteiger partial charge in [-0.3, -0.25) is 9.59 Å². The molecule has 2 aromatic carbocycles. The van der Waals surface area contributed by atoms with Crippen LogP contribution >= 0.6 is 0 Å². The lowest BCUT2D eigenvalue weighted by Crippen LogP contribution is -2.45. The highest BCUT2D eigenvalue weighted by Gasteiger charge is 2.49. The van der Waals surface area contributed by atoms with Crippen LogP contribution in [0.4, 0.5) is 4.39 Å². The first-order chi connectivity index (χ1) is 14.9. The quantitative estimate of drug-likeness (QED) is 0.682. The summed E-state index contributed by atoms with van der Waals surface area (Å²) < 4.78 is 14.5. The van der Waals surface area contributed by atoms with E-state index in [0.717, 1.165) is 17.5 Å². The molecule has 31 heavy (non-hydrogen) atoms. The normalized spacial score (nSPS) is 24.6. The van der Waals surface area contributed by atoms with E-state index in [0.29, 0.717) is 44.0 Å². The summed E-state index contributed by atoms with van der Waals surface area (Å²) in [7, 11) is 0. The summed E-state index contributed by atoms with van der Waals surface area (Å²) in [6.45, 7) is 7.13. The molecule has 4 rings (SSSR count).